The van der Waals surface area contributed by atoms with E-state index >= 15 is 0 Å². The Morgan fingerprint density at radius 2 is 2.33 bits per heavy atom. The van der Waals surface area contributed by atoms with Gasteiger partial charge in [-0.3, -0.25) is 0 Å². The van der Waals surface area contributed by atoms with Gasteiger partial charge < -0.3 is 5.32 Å². The zero-order valence-electron chi connectivity index (χ0n) is 8.82. The van der Waals surface area contributed by atoms with E-state index in [0.717, 1.165) is 19.4 Å². The summed E-state index contributed by atoms with van der Waals surface area (Å²) in [6.07, 6.45) is 2.90. The fourth-order valence-corrected chi connectivity index (χ4v) is 2.43. The molecular formula is C12H15ClFN. The van der Waals surface area contributed by atoms with E-state index in [-0.39, 0.29) is 11.4 Å². The summed E-state index contributed by atoms with van der Waals surface area (Å²) in [4.78, 5) is 0. The van der Waals surface area contributed by atoms with E-state index in [0.29, 0.717) is 17.0 Å². The number of hydrogen-bond donors (Lipinski definition) is 1. The van der Waals surface area contributed by atoms with Crippen LogP contribution in [0.2, 0.25) is 5.02 Å². The van der Waals surface area contributed by atoms with Gasteiger partial charge in [-0.15, -0.1) is 0 Å². The summed E-state index contributed by atoms with van der Waals surface area (Å²) in [7, 11) is 0. The van der Waals surface area contributed by atoms with Gasteiger partial charge in [-0.25, -0.2) is 4.39 Å². The lowest BCUT2D eigenvalue weighted by molar-refractivity contribution is 0.405. The van der Waals surface area contributed by atoms with Crippen molar-refractivity contribution in [1.82, 2.24) is 5.32 Å². The zero-order chi connectivity index (χ0) is 10.9. The Labute approximate surface area is 94.6 Å². The Morgan fingerprint density at radius 1 is 1.53 bits per heavy atom. The maximum atomic E-state index is 13.6. The molecule has 3 heteroatoms. The van der Waals surface area contributed by atoms with Crippen molar-refractivity contribution in [3.63, 3.8) is 0 Å². The number of nitrogens with one attached hydrogen (secondary N) is 1. The molecule has 1 fully saturated rings. The van der Waals surface area contributed by atoms with Crippen molar-refractivity contribution in [3.05, 3.63) is 34.6 Å². The summed E-state index contributed by atoms with van der Waals surface area (Å²) in [5.41, 5.74) is 0.641. The largest absolute Gasteiger partial charge is 0.311 e. The predicted octanol–water partition coefficient (Wildman–Crippen LogP) is 3.16. The van der Waals surface area contributed by atoms with Crippen molar-refractivity contribution >= 4 is 11.6 Å². The molecule has 1 aromatic rings. The summed E-state index contributed by atoms with van der Waals surface area (Å²) < 4.78 is 13.6. The molecule has 1 N–H and O–H groups in total. The molecule has 15 heavy (non-hydrogen) atoms. The maximum absolute atomic E-state index is 13.6. The molecular weight excluding hydrogens is 213 g/mol. The van der Waals surface area contributed by atoms with Crippen molar-refractivity contribution in [2.75, 3.05) is 6.54 Å². The molecule has 0 spiro atoms. The first-order valence-electron chi connectivity index (χ1n) is 5.29. The fourth-order valence-electron chi connectivity index (χ4n) is 2.20. The molecule has 0 radical (unpaired) electrons. The second-order valence-corrected chi connectivity index (χ2v) is 4.88. The highest BCUT2D eigenvalue weighted by molar-refractivity contribution is 6.31. The van der Waals surface area contributed by atoms with Crippen LogP contribution in [0.25, 0.3) is 0 Å². The van der Waals surface area contributed by atoms with Crippen LogP contribution < -0.4 is 5.32 Å². The first kappa shape index (κ1) is 10.9. The van der Waals surface area contributed by atoms with E-state index in [1.54, 1.807) is 12.1 Å². The highest BCUT2D eigenvalue weighted by Crippen LogP contribution is 2.28. The van der Waals surface area contributed by atoms with Crippen LogP contribution >= 0.6 is 11.6 Å². The monoisotopic (exact) mass is 227 g/mol. The Morgan fingerprint density at radius 3 is 2.93 bits per heavy atom. The predicted molar refractivity (Wildman–Crippen MR) is 60.8 cm³/mol. The third kappa shape index (κ3) is 2.32. The van der Waals surface area contributed by atoms with Gasteiger partial charge in [-0.1, -0.05) is 17.7 Å². The van der Waals surface area contributed by atoms with Gasteiger partial charge in [0.1, 0.15) is 5.82 Å². The van der Waals surface area contributed by atoms with Gasteiger partial charge >= 0.3 is 0 Å². The van der Waals surface area contributed by atoms with Crippen LogP contribution in [0.5, 0.6) is 0 Å². The Bertz CT molecular complexity index is 338. The van der Waals surface area contributed by atoms with E-state index in [9.17, 15) is 4.39 Å². The average Bonchev–Trinajstić information content (AvgIpc) is 2.60. The molecule has 1 atom stereocenters. The summed E-state index contributed by atoms with van der Waals surface area (Å²) >= 11 is 6.00. The average molecular weight is 228 g/mol. The van der Waals surface area contributed by atoms with E-state index in [4.69, 9.17) is 11.6 Å². The maximum Gasteiger partial charge on any atom is 0.127 e. The fraction of sp³-hybridized carbons (Fsp3) is 0.500. The number of hydrogen-bond acceptors (Lipinski definition) is 1. The minimum absolute atomic E-state index is 0.00579. The van der Waals surface area contributed by atoms with E-state index in [1.807, 2.05) is 0 Å². The first-order valence-corrected chi connectivity index (χ1v) is 5.66. The minimum Gasteiger partial charge on any atom is -0.311 e. The molecule has 0 saturated carbocycles. The minimum atomic E-state index is -0.197. The van der Waals surface area contributed by atoms with Crippen molar-refractivity contribution < 1.29 is 4.39 Å². The molecule has 0 aliphatic carbocycles. The summed E-state index contributed by atoms with van der Waals surface area (Å²) in [5.74, 6) is -0.197. The smallest absolute Gasteiger partial charge is 0.127 e. The summed E-state index contributed by atoms with van der Waals surface area (Å²) in [6.45, 7) is 3.14. The normalized spacial score (nSPS) is 25.8. The van der Waals surface area contributed by atoms with Crippen LogP contribution in [0.3, 0.4) is 0 Å². The molecule has 0 aromatic heterocycles. The van der Waals surface area contributed by atoms with Gasteiger partial charge in [-0.05, 0) is 44.9 Å². The van der Waals surface area contributed by atoms with E-state index in [1.165, 1.54) is 6.07 Å². The topological polar surface area (TPSA) is 12.0 Å². The Hall–Kier alpha value is -0.600. The van der Waals surface area contributed by atoms with Gasteiger partial charge in [0.05, 0.1) is 0 Å². The molecule has 0 amide bonds. The van der Waals surface area contributed by atoms with Gasteiger partial charge in [-0.2, -0.15) is 0 Å². The third-order valence-electron chi connectivity index (χ3n) is 3.09. The van der Waals surface area contributed by atoms with Crippen LogP contribution in [0.1, 0.15) is 25.3 Å². The van der Waals surface area contributed by atoms with Crippen LogP contribution in [0, 0.1) is 5.82 Å². The second kappa shape index (κ2) is 4.11. The molecule has 0 bridgehead atoms. The highest BCUT2D eigenvalue weighted by atomic mass is 35.5. The molecule has 1 saturated heterocycles. The SMILES string of the molecule is CC1(Cc2c(F)cccc2Cl)CCCN1. The van der Waals surface area contributed by atoms with E-state index in [2.05, 4.69) is 12.2 Å². The molecule has 82 valence electrons. The standard InChI is InChI=1S/C12H15ClFN/c1-12(6-3-7-15-12)8-9-10(13)4-2-5-11(9)14/h2,4-5,15H,3,6-8H2,1H3. The van der Waals surface area contributed by atoms with E-state index < -0.39 is 0 Å². The van der Waals surface area contributed by atoms with Crippen molar-refractivity contribution in [2.45, 2.75) is 31.7 Å². The lowest BCUT2D eigenvalue weighted by Crippen LogP contribution is -2.38. The molecule has 1 aliphatic rings. The summed E-state index contributed by atoms with van der Waals surface area (Å²) in [6, 6.07) is 4.86. The van der Waals surface area contributed by atoms with Crippen molar-refractivity contribution in [2.24, 2.45) is 0 Å². The first-order chi connectivity index (χ1) is 7.11. The Kier molecular flexibility index (Phi) is 2.98. The molecule has 1 aromatic carbocycles. The molecule has 1 unspecified atom stereocenters. The number of rotatable bonds is 2. The molecule has 1 nitrogen and oxygen atoms in total. The third-order valence-corrected chi connectivity index (χ3v) is 3.44. The summed E-state index contributed by atoms with van der Waals surface area (Å²) in [5, 5.41) is 3.94. The molecule has 2 rings (SSSR count). The van der Waals surface area contributed by atoms with Crippen LogP contribution in [-0.4, -0.2) is 12.1 Å². The zero-order valence-corrected chi connectivity index (χ0v) is 9.57. The number of halogens is 2. The van der Waals surface area contributed by atoms with Crippen molar-refractivity contribution in [3.8, 4) is 0 Å². The number of benzene rings is 1. The lowest BCUT2D eigenvalue weighted by Gasteiger charge is -2.25. The van der Waals surface area contributed by atoms with Crippen LogP contribution in [0.15, 0.2) is 18.2 Å². The van der Waals surface area contributed by atoms with Crippen LogP contribution in [-0.2, 0) is 6.42 Å². The molecule has 1 aliphatic heterocycles. The lowest BCUT2D eigenvalue weighted by atomic mass is 9.91. The van der Waals surface area contributed by atoms with Gasteiger partial charge in [0.2, 0.25) is 0 Å². The quantitative estimate of drug-likeness (QED) is 0.819. The highest BCUT2D eigenvalue weighted by Gasteiger charge is 2.29. The van der Waals surface area contributed by atoms with Gasteiger partial charge in [0.15, 0.2) is 0 Å². The van der Waals surface area contributed by atoms with Gasteiger partial charge in [0, 0.05) is 16.1 Å². The molecule has 1 heterocycles. The van der Waals surface area contributed by atoms with Gasteiger partial charge in [0.25, 0.3) is 0 Å². The second-order valence-electron chi connectivity index (χ2n) is 4.47. The van der Waals surface area contributed by atoms with Crippen LogP contribution in [0.4, 0.5) is 4.39 Å². The van der Waals surface area contributed by atoms with Crippen molar-refractivity contribution in [1.29, 1.82) is 0 Å². The Balaban J connectivity index is 2.23.